The topological polar surface area (TPSA) is 29.5 Å². The first-order valence-corrected chi connectivity index (χ1v) is 4.25. The fourth-order valence-corrected chi connectivity index (χ4v) is 1.03. The van der Waals surface area contributed by atoms with Gasteiger partial charge in [0.1, 0.15) is 0 Å². The molecule has 1 atom stereocenters. The van der Waals surface area contributed by atoms with Crippen LogP contribution in [0.3, 0.4) is 0 Å². The second-order valence-corrected chi connectivity index (χ2v) is 3.98. The number of rotatable bonds is 4. The van der Waals surface area contributed by atoms with E-state index in [1.165, 1.54) is 0 Å². The van der Waals surface area contributed by atoms with Crippen LogP contribution in [0.4, 0.5) is 0 Å². The average molecular weight is 172 g/mol. The number of hydrogen-bond acceptors (Lipinski definition) is 2. The van der Waals surface area contributed by atoms with E-state index >= 15 is 0 Å². The molecule has 0 aromatic rings. The van der Waals surface area contributed by atoms with Crippen LogP contribution >= 0.6 is 0 Å². The molecule has 0 heterocycles. The Balaban J connectivity index is 4.00. The van der Waals surface area contributed by atoms with Crippen molar-refractivity contribution >= 4 is 0 Å². The molecular weight excluding hydrogens is 152 g/mol. The molecule has 72 valence electrons. The Hall–Kier alpha value is -0.340. The molecular formula is C10H20O2. The molecule has 0 aliphatic rings. The van der Waals surface area contributed by atoms with Crippen LogP contribution in [0, 0.1) is 0 Å². The third-order valence-electron chi connectivity index (χ3n) is 1.78. The van der Waals surface area contributed by atoms with Gasteiger partial charge >= 0.3 is 0 Å². The van der Waals surface area contributed by atoms with Crippen LogP contribution in [0.2, 0.25) is 0 Å². The number of methoxy groups -OCH3 is 1. The molecule has 2 nitrogen and oxygen atoms in total. The summed E-state index contributed by atoms with van der Waals surface area (Å²) in [6, 6.07) is 0. The second kappa shape index (κ2) is 4.63. The molecule has 1 unspecified atom stereocenters. The molecule has 0 spiro atoms. The zero-order valence-corrected chi connectivity index (χ0v) is 8.72. The summed E-state index contributed by atoms with van der Waals surface area (Å²) in [5.74, 6) is 0. The SMILES string of the molecule is COC(C)(C)CC(O)C=C(C)C. The van der Waals surface area contributed by atoms with Gasteiger partial charge in [0, 0.05) is 13.5 Å². The number of aliphatic hydroxyl groups excluding tert-OH is 1. The summed E-state index contributed by atoms with van der Waals surface area (Å²) in [7, 11) is 1.66. The Morgan fingerprint density at radius 3 is 2.33 bits per heavy atom. The molecule has 0 aromatic carbocycles. The summed E-state index contributed by atoms with van der Waals surface area (Å²) < 4.78 is 5.20. The highest BCUT2D eigenvalue weighted by atomic mass is 16.5. The van der Waals surface area contributed by atoms with Gasteiger partial charge in [0.2, 0.25) is 0 Å². The van der Waals surface area contributed by atoms with Gasteiger partial charge in [0.25, 0.3) is 0 Å². The lowest BCUT2D eigenvalue weighted by Crippen LogP contribution is -2.27. The standard InChI is InChI=1S/C10H20O2/c1-8(2)6-9(11)7-10(3,4)12-5/h6,9,11H,7H2,1-5H3. The van der Waals surface area contributed by atoms with Gasteiger partial charge in [-0.25, -0.2) is 0 Å². The zero-order chi connectivity index (χ0) is 9.78. The van der Waals surface area contributed by atoms with Crippen molar-refractivity contribution in [2.45, 2.75) is 45.8 Å². The zero-order valence-electron chi connectivity index (χ0n) is 8.72. The largest absolute Gasteiger partial charge is 0.389 e. The first-order chi connectivity index (χ1) is 5.37. The van der Waals surface area contributed by atoms with E-state index in [0.29, 0.717) is 6.42 Å². The summed E-state index contributed by atoms with van der Waals surface area (Å²) >= 11 is 0. The van der Waals surface area contributed by atoms with E-state index in [0.717, 1.165) is 5.57 Å². The predicted octanol–water partition coefficient (Wildman–Crippen LogP) is 2.13. The van der Waals surface area contributed by atoms with Crippen molar-refractivity contribution in [3.63, 3.8) is 0 Å². The van der Waals surface area contributed by atoms with Crippen LogP contribution in [0.15, 0.2) is 11.6 Å². The molecule has 0 radical (unpaired) electrons. The number of ether oxygens (including phenoxy) is 1. The predicted molar refractivity (Wildman–Crippen MR) is 51.1 cm³/mol. The lowest BCUT2D eigenvalue weighted by atomic mass is 9.99. The van der Waals surface area contributed by atoms with E-state index in [-0.39, 0.29) is 5.60 Å². The summed E-state index contributed by atoms with van der Waals surface area (Å²) in [5, 5.41) is 9.53. The minimum absolute atomic E-state index is 0.245. The van der Waals surface area contributed by atoms with Crippen LogP contribution < -0.4 is 0 Å². The maximum atomic E-state index is 9.53. The Labute approximate surface area is 75.2 Å². The van der Waals surface area contributed by atoms with E-state index in [1.54, 1.807) is 7.11 Å². The first-order valence-electron chi connectivity index (χ1n) is 4.25. The van der Waals surface area contributed by atoms with E-state index < -0.39 is 6.10 Å². The van der Waals surface area contributed by atoms with Crippen LogP contribution in [0.25, 0.3) is 0 Å². The van der Waals surface area contributed by atoms with Crippen molar-refractivity contribution in [3.05, 3.63) is 11.6 Å². The maximum absolute atomic E-state index is 9.53. The van der Waals surface area contributed by atoms with E-state index in [2.05, 4.69) is 0 Å². The Morgan fingerprint density at radius 1 is 1.50 bits per heavy atom. The summed E-state index contributed by atoms with van der Waals surface area (Å²) in [4.78, 5) is 0. The van der Waals surface area contributed by atoms with Crippen molar-refractivity contribution in [1.29, 1.82) is 0 Å². The lowest BCUT2D eigenvalue weighted by Gasteiger charge is -2.24. The van der Waals surface area contributed by atoms with Crippen molar-refractivity contribution in [2.24, 2.45) is 0 Å². The summed E-state index contributed by atoms with van der Waals surface area (Å²) in [5.41, 5.74) is 0.889. The molecule has 0 aliphatic heterocycles. The monoisotopic (exact) mass is 172 g/mol. The van der Waals surface area contributed by atoms with Gasteiger partial charge in [0.05, 0.1) is 11.7 Å². The Morgan fingerprint density at radius 2 is 2.00 bits per heavy atom. The quantitative estimate of drug-likeness (QED) is 0.658. The first kappa shape index (κ1) is 11.7. The lowest BCUT2D eigenvalue weighted by molar-refractivity contribution is -0.00966. The van der Waals surface area contributed by atoms with Gasteiger partial charge in [-0.05, 0) is 27.7 Å². The van der Waals surface area contributed by atoms with Gasteiger partial charge in [0.15, 0.2) is 0 Å². The van der Waals surface area contributed by atoms with Crippen molar-refractivity contribution in [2.75, 3.05) is 7.11 Å². The molecule has 0 rings (SSSR count). The molecule has 0 aromatic heterocycles. The Kier molecular flexibility index (Phi) is 4.50. The van der Waals surface area contributed by atoms with E-state index in [4.69, 9.17) is 4.74 Å². The normalized spacial score (nSPS) is 14.2. The van der Waals surface area contributed by atoms with Crippen LogP contribution in [-0.2, 0) is 4.74 Å². The van der Waals surface area contributed by atoms with Crippen LogP contribution in [0.1, 0.15) is 34.1 Å². The van der Waals surface area contributed by atoms with Crippen molar-refractivity contribution in [3.8, 4) is 0 Å². The molecule has 12 heavy (non-hydrogen) atoms. The Bertz CT molecular complexity index is 155. The molecule has 0 fully saturated rings. The molecule has 0 saturated carbocycles. The fraction of sp³-hybridized carbons (Fsp3) is 0.800. The van der Waals surface area contributed by atoms with E-state index in [9.17, 15) is 5.11 Å². The fourth-order valence-electron chi connectivity index (χ4n) is 1.03. The third-order valence-corrected chi connectivity index (χ3v) is 1.78. The van der Waals surface area contributed by atoms with Crippen molar-refractivity contribution in [1.82, 2.24) is 0 Å². The van der Waals surface area contributed by atoms with Gasteiger partial charge in [-0.15, -0.1) is 0 Å². The highest BCUT2D eigenvalue weighted by Gasteiger charge is 2.19. The average Bonchev–Trinajstić information content (AvgIpc) is 1.84. The number of hydrogen-bond donors (Lipinski definition) is 1. The summed E-state index contributed by atoms with van der Waals surface area (Å²) in [6.07, 6.45) is 2.08. The van der Waals surface area contributed by atoms with Crippen LogP contribution in [-0.4, -0.2) is 23.9 Å². The molecule has 0 aliphatic carbocycles. The van der Waals surface area contributed by atoms with Crippen LogP contribution in [0.5, 0.6) is 0 Å². The highest BCUT2D eigenvalue weighted by Crippen LogP contribution is 2.16. The molecule has 0 amide bonds. The minimum atomic E-state index is -0.398. The highest BCUT2D eigenvalue weighted by molar-refractivity contribution is 4.99. The number of aliphatic hydroxyl groups is 1. The molecule has 0 bridgehead atoms. The second-order valence-electron chi connectivity index (χ2n) is 3.98. The molecule has 2 heteroatoms. The van der Waals surface area contributed by atoms with Crippen molar-refractivity contribution < 1.29 is 9.84 Å². The van der Waals surface area contributed by atoms with Gasteiger partial charge in [-0.3, -0.25) is 0 Å². The smallest absolute Gasteiger partial charge is 0.0750 e. The maximum Gasteiger partial charge on any atom is 0.0750 e. The summed E-state index contributed by atoms with van der Waals surface area (Å²) in [6.45, 7) is 7.89. The third kappa shape index (κ3) is 5.33. The molecule has 1 N–H and O–H groups in total. The number of allylic oxidation sites excluding steroid dienone is 1. The minimum Gasteiger partial charge on any atom is -0.389 e. The van der Waals surface area contributed by atoms with Gasteiger partial charge in [-0.1, -0.05) is 11.6 Å². The molecule has 0 saturated heterocycles. The van der Waals surface area contributed by atoms with Gasteiger partial charge < -0.3 is 9.84 Å². The van der Waals surface area contributed by atoms with Gasteiger partial charge in [-0.2, -0.15) is 0 Å². The van der Waals surface area contributed by atoms with E-state index in [1.807, 2.05) is 33.8 Å².